The number of aromatic nitrogens is 3. The first kappa shape index (κ1) is 13.6. The molecule has 112 valence electrons. The van der Waals surface area contributed by atoms with E-state index >= 15 is 0 Å². The van der Waals surface area contributed by atoms with Crippen LogP contribution in [0.1, 0.15) is 42.6 Å². The van der Waals surface area contributed by atoms with Gasteiger partial charge in [0.05, 0.1) is 12.2 Å². The van der Waals surface area contributed by atoms with Gasteiger partial charge in [-0.2, -0.15) is 15.3 Å². The summed E-state index contributed by atoms with van der Waals surface area (Å²) in [6.45, 7) is 0.618. The van der Waals surface area contributed by atoms with Crippen LogP contribution in [0.3, 0.4) is 0 Å². The lowest BCUT2D eigenvalue weighted by molar-refractivity contribution is 0.399. The molecule has 0 amide bonds. The fraction of sp³-hybridized carbons (Fsp3) is 0.375. The molecule has 1 saturated carbocycles. The quantitative estimate of drug-likeness (QED) is 0.845. The van der Waals surface area contributed by atoms with E-state index < -0.39 is 0 Å². The Kier molecular flexibility index (Phi) is 3.50. The van der Waals surface area contributed by atoms with Crippen molar-refractivity contribution in [3.8, 4) is 0 Å². The van der Waals surface area contributed by atoms with E-state index in [4.69, 9.17) is 11.6 Å². The van der Waals surface area contributed by atoms with Crippen molar-refractivity contribution in [2.45, 2.75) is 37.8 Å². The topological polar surface area (TPSA) is 55.4 Å². The summed E-state index contributed by atoms with van der Waals surface area (Å²) in [4.78, 5) is 4.40. The molecule has 1 aromatic heterocycles. The summed E-state index contributed by atoms with van der Waals surface area (Å²) in [5, 5.41) is 13.9. The van der Waals surface area contributed by atoms with Gasteiger partial charge in [0.2, 0.25) is 0 Å². The molecule has 6 heteroatoms. The average Bonchev–Trinajstić information content (AvgIpc) is 3.08. The summed E-state index contributed by atoms with van der Waals surface area (Å²) in [6.07, 6.45) is 7.57. The molecule has 1 aliphatic heterocycles. The molecule has 0 radical (unpaired) electrons. The van der Waals surface area contributed by atoms with Crippen molar-refractivity contribution < 1.29 is 0 Å². The van der Waals surface area contributed by atoms with Gasteiger partial charge < -0.3 is 0 Å². The lowest BCUT2D eigenvalue weighted by Gasteiger charge is -2.21. The van der Waals surface area contributed by atoms with E-state index in [0.717, 1.165) is 22.1 Å². The molecule has 0 spiro atoms. The number of nitrogens with zero attached hydrogens (tertiary/aromatic N) is 5. The number of halogens is 1. The van der Waals surface area contributed by atoms with E-state index in [2.05, 4.69) is 26.4 Å². The van der Waals surface area contributed by atoms with Crippen molar-refractivity contribution >= 4 is 11.6 Å². The normalized spacial score (nSPS) is 21.0. The Bertz CT molecular complexity index is 727. The SMILES string of the molecule is Clc1ccc(C2C=C(Cn3cnc(C4CCC4)n3)N=N2)cc1. The third-order valence-electron chi connectivity index (χ3n) is 4.22. The fourth-order valence-electron chi connectivity index (χ4n) is 2.70. The Morgan fingerprint density at radius 1 is 1.18 bits per heavy atom. The van der Waals surface area contributed by atoms with Crippen LogP contribution in [0, 0.1) is 0 Å². The smallest absolute Gasteiger partial charge is 0.153 e. The van der Waals surface area contributed by atoms with Crippen molar-refractivity contribution in [3.05, 3.63) is 58.8 Å². The van der Waals surface area contributed by atoms with Gasteiger partial charge in [-0.25, -0.2) is 9.67 Å². The minimum atomic E-state index is -0.0260. The van der Waals surface area contributed by atoms with Crippen molar-refractivity contribution in [1.82, 2.24) is 14.8 Å². The molecule has 22 heavy (non-hydrogen) atoms. The second-order valence-corrected chi connectivity index (χ2v) is 6.23. The van der Waals surface area contributed by atoms with Gasteiger partial charge in [-0.05, 0) is 36.6 Å². The lowest BCUT2D eigenvalue weighted by Crippen LogP contribution is -2.11. The first-order chi connectivity index (χ1) is 10.8. The predicted molar refractivity (Wildman–Crippen MR) is 83.7 cm³/mol. The first-order valence-corrected chi connectivity index (χ1v) is 7.92. The van der Waals surface area contributed by atoms with Crippen LogP contribution in [0.15, 0.2) is 52.6 Å². The van der Waals surface area contributed by atoms with Crippen LogP contribution < -0.4 is 0 Å². The summed E-state index contributed by atoms with van der Waals surface area (Å²) in [7, 11) is 0. The van der Waals surface area contributed by atoms with Crippen LogP contribution in [0.4, 0.5) is 0 Å². The minimum Gasteiger partial charge on any atom is -0.247 e. The number of azo groups is 1. The summed E-state index contributed by atoms with van der Waals surface area (Å²) in [5.41, 5.74) is 2.02. The van der Waals surface area contributed by atoms with Crippen molar-refractivity contribution in [3.63, 3.8) is 0 Å². The molecule has 1 atom stereocenters. The van der Waals surface area contributed by atoms with E-state index in [0.29, 0.717) is 12.5 Å². The molecule has 2 heterocycles. The molecule has 4 rings (SSSR count). The molecule has 1 aliphatic carbocycles. The maximum absolute atomic E-state index is 5.91. The standard InChI is InChI=1S/C16H16ClN5/c17-13-6-4-11(5-7-13)15-8-14(19-20-15)9-22-10-18-16(21-22)12-2-1-3-12/h4-8,10,12,15H,1-3,9H2. The molecule has 0 saturated heterocycles. The van der Waals surface area contributed by atoms with Crippen LogP contribution in [0.2, 0.25) is 5.02 Å². The third-order valence-corrected chi connectivity index (χ3v) is 4.47. The van der Waals surface area contributed by atoms with E-state index in [1.54, 1.807) is 6.33 Å². The van der Waals surface area contributed by atoms with Gasteiger partial charge in [0.25, 0.3) is 0 Å². The van der Waals surface area contributed by atoms with E-state index in [1.165, 1.54) is 19.3 Å². The molecule has 0 N–H and O–H groups in total. The molecule has 0 bridgehead atoms. The first-order valence-electron chi connectivity index (χ1n) is 7.54. The van der Waals surface area contributed by atoms with Crippen LogP contribution in [-0.2, 0) is 6.54 Å². The highest BCUT2D eigenvalue weighted by molar-refractivity contribution is 6.30. The number of rotatable bonds is 4. The lowest BCUT2D eigenvalue weighted by atomic mass is 9.85. The van der Waals surface area contributed by atoms with Gasteiger partial charge in [-0.3, -0.25) is 0 Å². The van der Waals surface area contributed by atoms with Gasteiger partial charge in [-0.1, -0.05) is 30.2 Å². The molecule has 5 nitrogen and oxygen atoms in total. The molecule has 1 fully saturated rings. The van der Waals surface area contributed by atoms with E-state index in [-0.39, 0.29) is 6.04 Å². The number of allylic oxidation sites excluding steroid dienone is 1. The zero-order valence-corrected chi connectivity index (χ0v) is 12.8. The molecular formula is C16H16ClN5. The monoisotopic (exact) mass is 313 g/mol. The Balaban J connectivity index is 1.45. The highest BCUT2D eigenvalue weighted by atomic mass is 35.5. The fourth-order valence-corrected chi connectivity index (χ4v) is 2.82. The van der Waals surface area contributed by atoms with Gasteiger partial charge in [0.15, 0.2) is 5.82 Å². The van der Waals surface area contributed by atoms with Crippen LogP contribution in [0.25, 0.3) is 0 Å². The molecule has 1 aromatic carbocycles. The molecule has 1 unspecified atom stereocenters. The zero-order chi connectivity index (χ0) is 14.9. The Morgan fingerprint density at radius 3 is 2.73 bits per heavy atom. The Morgan fingerprint density at radius 2 is 2.00 bits per heavy atom. The van der Waals surface area contributed by atoms with E-state index in [9.17, 15) is 0 Å². The summed E-state index contributed by atoms with van der Waals surface area (Å²) < 4.78 is 1.85. The highest BCUT2D eigenvalue weighted by Crippen LogP contribution is 2.34. The number of benzene rings is 1. The van der Waals surface area contributed by atoms with Gasteiger partial charge >= 0.3 is 0 Å². The van der Waals surface area contributed by atoms with Crippen LogP contribution >= 0.6 is 11.6 Å². The van der Waals surface area contributed by atoms with Crippen molar-refractivity contribution in [1.29, 1.82) is 0 Å². The number of hydrogen-bond acceptors (Lipinski definition) is 4. The molecule has 2 aliphatic rings. The van der Waals surface area contributed by atoms with Crippen molar-refractivity contribution in [2.24, 2.45) is 10.2 Å². The molecular weight excluding hydrogens is 298 g/mol. The average molecular weight is 314 g/mol. The highest BCUT2D eigenvalue weighted by Gasteiger charge is 2.23. The Labute approximate surface area is 133 Å². The van der Waals surface area contributed by atoms with Gasteiger partial charge in [0.1, 0.15) is 12.4 Å². The second kappa shape index (κ2) is 5.65. The van der Waals surface area contributed by atoms with Gasteiger partial charge in [-0.15, -0.1) is 0 Å². The largest absolute Gasteiger partial charge is 0.247 e. The summed E-state index contributed by atoms with van der Waals surface area (Å²) >= 11 is 5.91. The predicted octanol–water partition coefficient (Wildman–Crippen LogP) is 4.29. The maximum Gasteiger partial charge on any atom is 0.153 e. The van der Waals surface area contributed by atoms with E-state index in [1.807, 2.05) is 28.9 Å². The van der Waals surface area contributed by atoms with Gasteiger partial charge in [0, 0.05) is 10.9 Å². The summed E-state index contributed by atoms with van der Waals surface area (Å²) in [5.74, 6) is 1.53. The summed E-state index contributed by atoms with van der Waals surface area (Å²) in [6, 6.07) is 7.69. The maximum atomic E-state index is 5.91. The van der Waals surface area contributed by atoms with Crippen LogP contribution in [0.5, 0.6) is 0 Å². The molecule has 2 aromatic rings. The number of hydrogen-bond donors (Lipinski definition) is 0. The second-order valence-electron chi connectivity index (χ2n) is 5.80. The van der Waals surface area contributed by atoms with Crippen molar-refractivity contribution in [2.75, 3.05) is 0 Å². The van der Waals surface area contributed by atoms with Crippen LogP contribution in [-0.4, -0.2) is 14.8 Å². The zero-order valence-electron chi connectivity index (χ0n) is 12.1. The Hall–Kier alpha value is -2.01. The third kappa shape index (κ3) is 2.68. The minimum absolute atomic E-state index is 0.0260.